The molecule has 0 aliphatic heterocycles. The minimum absolute atomic E-state index is 0.112. The van der Waals surface area contributed by atoms with Crippen LogP contribution in [-0.2, 0) is 9.53 Å². The number of ether oxygens (including phenoxy) is 3. The fraction of sp³-hybridized carbons (Fsp3) is 0.190. The normalized spacial score (nSPS) is 12.5. The molecule has 3 aromatic rings. The third-order valence-corrected chi connectivity index (χ3v) is 3.94. The van der Waals surface area contributed by atoms with Crippen molar-refractivity contribution in [3.8, 4) is 23.0 Å². The summed E-state index contributed by atoms with van der Waals surface area (Å²) in [4.78, 5) is 12.0. The number of hydrogen-bond donors (Lipinski definition) is 0. The molecule has 1 unspecified atom stereocenters. The number of aromatic nitrogens is 2. The Kier molecular flexibility index (Phi) is 6.58. The molecule has 1 atom stereocenters. The Morgan fingerprint density at radius 3 is 2.29 bits per heavy atom. The van der Waals surface area contributed by atoms with E-state index >= 15 is 0 Å². The van der Waals surface area contributed by atoms with E-state index in [0.29, 0.717) is 16.9 Å². The molecule has 0 saturated heterocycles. The van der Waals surface area contributed by atoms with Crippen LogP contribution in [0.2, 0.25) is 0 Å². The van der Waals surface area contributed by atoms with Gasteiger partial charge in [0.15, 0.2) is 6.10 Å². The van der Waals surface area contributed by atoms with Crippen molar-refractivity contribution in [2.45, 2.75) is 19.4 Å². The molecule has 0 aliphatic carbocycles. The van der Waals surface area contributed by atoms with Gasteiger partial charge in [-0.15, -0.1) is 23.4 Å². The van der Waals surface area contributed by atoms with Gasteiger partial charge in [-0.25, -0.2) is 4.79 Å². The van der Waals surface area contributed by atoms with E-state index in [1.807, 2.05) is 0 Å². The summed E-state index contributed by atoms with van der Waals surface area (Å²) in [6, 6.07) is 12.0. The highest BCUT2D eigenvalue weighted by Gasteiger charge is 2.30. The van der Waals surface area contributed by atoms with Gasteiger partial charge in [0.2, 0.25) is 5.89 Å². The van der Waals surface area contributed by atoms with E-state index in [-0.39, 0.29) is 17.5 Å². The van der Waals surface area contributed by atoms with Gasteiger partial charge in [0.1, 0.15) is 11.5 Å². The van der Waals surface area contributed by atoms with Gasteiger partial charge >= 0.3 is 12.3 Å². The van der Waals surface area contributed by atoms with Crippen LogP contribution >= 0.6 is 0 Å². The SMILES string of the molecule is COc1ccc(-c2nnc(C(C)OC(=O)/C=C/c3ccc(OC(F)(F)F)cc3)o2)cc1. The number of carbonyl (C=O) groups excluding carboxylic acids is 1. The lowest BCUT2D eigenvalue weighted by molar-refractivity contribution is -0.274. The molecule has 0 bridgehead atoms. The molecule has 0 saturated carbocycles. The van der Waals surface area contributed by atoms with Crippen molar-refractivity contribution in [1.82, 2.24) is 10.2 Å². The zero-order valence-corrected chi connectivity index (χ0v) is 16.4. The number of rotatable bonds is 7. The van der Waals surface area contributed by atoms with Gasteiger partial charge in [0.25, 0.3) is 5.89 Å². The van der Waals surface area contributed by atoms with Gasteiger partial charge in [0.05, 0.1) is 7.11 Å². The van der Waals surface area contributed by atoms with Crippen LogP contribution in [0.25, 0.3) is 17.5 Å². The molecule has 0 amide bonds. The van der Waals surface area contributed by atoms with Gasteiger partial charge in [-0.2, -0.15) is 0 Å². The Bertz CT molecular complexity index is 1040. The molecule has 0 N–H and O–H groups in total. The molecule has 31 heavy (non-hydrogen) atoms. The smallest absolute Gasteiger partial charge is 0.497 e. The van der Waals surface area contributed by atoms with Crippen molar-refractivity contribution in [3.63, 3.8) is 0 Å². The number of halogens is 3. The second kappa shape index (κ2) is 9.33. The largest absolute Gasteiger partial charge is 0.573 e. The van der Waals surface area contributed by atoms with Gasteiger partial charge < -0.3 is 18.6 Å². The van der Waals surface area contributed by atoms with Crippen molar-refractivity contribution in [1.29, 1.82) is 0 Å². The third-order valence-electron chi connectivity index (χ3n) is 3.94. The maximum atomic E-state index is 12.2. The molecular formula is C21H17F3N2O5. The Morgan fingerprint density at radius 2 is 1.68 bits per heavy atom. The molecule has 0 fully saturated rings. The van der Waals surface area contributed by atoms with E-state index in [1.54, 1.807) is 38.3 Å². The summed E-state index contributed by atoms with van der Waals surface area (Å²) in [5, 5.41) is 7.83. The minimum Gasteiger partial charge on any atom is -0.497 e. The predicted octanol–water partition coefficient (Wildman–Crippen LogP) is 4.96. The van der Waals surface area contributed by atoms with Gasteiger partial charge in [-0.1, -0.05) is 12.1 Å². The lowest BCUT2D eigenvalue weighted by Crippen LogP contribution is -2.16. The summed E-state index contributed by atoms with van der Waals surface area (Å²) in [6.45, 7) is 1.57. The average molecular weight is 434 g/mol. The molecule has 0 aliphatic rings. The zero-order valence-electron chi connectivity index (χ0n) is 16.4. The van der Waals surface area contributed by atoms with Crippen LogP contribution < -0.4 is 9.47 Å². The average Bonchev–Trinajstić information content (AvgIpc) is 3.23. The topological polar surface area (TPSA) is 83.7 Å². The van der Waals surface area contributed by atoms with Gasteiger partial charge in [-0.05, 0) is 55.0 Å². The summed E-state index contributed by atoms with van der Waals surface area (Å²) >= 11 is 0. The van der Waals surface area contributed by atoms with Gasteiger partial charge in [-0.3, -0.25) is 0 Å². The molecule has 2 aromatic carbocycles. The summed E-state index contributed by atoms with van der Waals surface area (Å²) in [5.41, 5.74) is 1.16. The summed E-state index contributed by atoms with van der Waals surface area (Å²) < 4.78 is 56.1. The molecule has 3 rings (SSSR count). The van der Waals surface area contributed by atoms with E-state index in [2.05, 4.69) is 14.9 Å². The van der Waals surface area contributed by atoms with Crippen LogP contribution in [0.3, 0.4) is 0 Å². The maximum absolute atomic E-state index is 12.2. The quantitative estimate of drug-likeness (QED) is 0.384. The lowest BCUT2D eigenvalue weighted by atomic mass is 10.2. The maximum Gasteiger partial charge on any atom is 0.573 e. The van der Waals surface area contributed by atoms with E-state index in [1.165, 1.54) is 18.2 Å². The highest BCUT2D eigenvalue weighted by molar-refractivity contribution is 5.87. The zero-order chi connectivity index (χ0) is 22.4. The predicted molar refractivity (Wildman–Crippen MR) is 103 cm³/mol. The van der Waals surface area contributed by atoms with Crippen molar-refractivity contribution in [2.75, 3.05) is 7.11 Å². The van der Waals surface area contributed by atoms with Crippen LogP contribution in [0.5, 0.6) is 11.5 Å². The number of alkyl halides is 3. The van der Waals surface area contributed by atoms with Crippen LogP contribution in [-0.4, -0.2) is 29.6 Å². The number of hydrogen-bond acceptors (Lipinski definition) is 7. The van der Waals surface area contributed by atoms with E-state index in [9.17, 15) is 18.0 Å². The summed E-state index contributed by atoms with van der Waals surface area (Å²) in [5.74, 6) is 0.00999. The fourth-order valence-electron chi connectivity index (χ4n) is 2.46. The standard InChI is InChI=1S/C21H17F3N2O5/c1-13(19-25-26-20(30-19)15-6-10-16(28-2)11-7-15)29-18(27)12-5-14-3-8-17(9-4-14)31-21(22,23)24/h3-13H,1-2H3/b12-5+. The lowest BCUT2D eigenvalue weighted by Gasteiger charge is -2.08. The first kappa shape index (κ1) is 21.9. The fourth-order valence-corrected chi connectivity index (χ4v) is 2.46. The van der Waals surface area contributed by atoms with Crippen LogP contribution in [0.4, 0.5) is 13.2 Å². The first-order valence-electron chi connectivity index (χ1n) is 8.96. The minimum atomic E-state index is -4.76. The third kappa shape index (κ3) is 6.33. The van der Waals surface area contributed by atoms with Crippen LogP contribution in [0.15, 0.2) is 59.0 Å². The van der Waals surface area contributed by atoms with Crippen LogP contribution in [0, 0.1) is 0 Å². The highest BCUT2D eigenvalue weighted by Crippen LogP contribution is 2.25. The molecule has 1 aromatic heterocycles. The molecule has 7 nitrogen and oxygen atoms in total. The molecule has 162 valence electrons. The molecule has 0 radical (unpaired) electrons. The Balaban J connectivity index is 1.57. The van der Waals surface area contributed by atoms with Gasteiger partial charge in [0, 0.05) is 11.6 Å². The highest BCUT2D eigenvalue weighted by atomic mass is 19.4. The first-order chi connectivity index (χ1) is 14.7. The van der Waals surface area contributed by atoms with Crippen molar-refractivity contribution in [2.24, 2.45) is 0 Å². The first-order valence-corrected chi connectivity index (χ1v) is 8.96. The summed E-state index contributed by atoms with van der Waals surface area (Å²) in [7, 11) is 1.56. The number of esters is 1. The van der Waals surface area contributed by atoms with E-state index in [0.717, 1.165) is 18.2 Å². The monoisotopic (exact) mass is 434 g/mol. The van der Waals surface area contributed by atoms with Crippen LogP contribution in [0.1, 0.15) is 24.5 Å². The van der Waals surface area contributed by atoms with Crippen molar-refractivity contribution < 1.29 is 36.6 Å². The molecule has 10 heteroatoms. The molecular weight excluding hydrogens is 417 g/mol. The summed E-state index contributed by atoms with van der Waals surface area (Å²) in [6.07, 6.45) is -3.04. The Morgan fingerprint density at radius 1 is 1.03 bits per heavy atom. The number of carbonyl (C=O) groups is 1. The number of benzene rings is 2. The Hall–Kier alpha value is -3.82. The Labute approximate surface area is 175 Å². The van der Waals surface area contributed by atoms with Crippen molar-refractivity contribution in [3.05, 3.63) is 66.1 Å². The molecule has 1 heterocycles. The number of nitrogens with zero attached hydrogens (tertiary/aromatic N) is 2. The molecule has 0 spiro atoms. The van der Waals surface area contributed by atoms with E-state index < -0.39 is 18.4 Å². The second-order valence-electron chi connectivity index (χ2n) is 6.20. The second-order valence-corrected chi connectivity index (χ2v) is 6.20. The number of methoxy groups -OCH3 is 1. The van der Waals surface area contributed by atoms with E-state index in [4.69, 9.17) is 13.9 Å². The van der Waals surface area contributed by atoms with Crippen molar-refractivity contribution >= 4 is 12.0 Å².